The molecule has 5 heteroatoms. The Morgan fingerprint density at radius 2 is 2.12 bits per heavy atom. The first-order valence-electron chi connectivity index (χ1n) is 6.01. The molecule has 2 rings (SSSR count). The molecule has 0 aromatic heterocycles. The molecule has 2 heterocycles. The molecule has 2 atom stereocenters. The van der Waals surface area contributed by atoms with Crippen molar-refractivity contribution in [3.63, 3.8) is 0 Å². The average Bonchev–Trinajstić information content (AvgIpc) is 2.65. The molecule has 2 aliphatic heterocycles. The maximum Gasteiger partial charge on any atom is 0.151 e. The maximum atomic E-state index is 11.5. The first kappa shape index (κ1) is 12.3. The highest BCUT2D eigenvalue weighted by Gasteiger charge is 2.44. The van der Waals surface area contributed by atoms with E-state index in [-0.39, 0.29) is 11.6 Å². The van der Waals surface area contributed by atoms with E-state index < -0.39 is 9.84 Å². The van der Waals surface area contributed by atoms with Gasteiger partial charge < -0.3 is 5.73 Å². The van der Waals surface area contributed by atoms with Gasteiger partial charge in [-0.05, 0) is 39.2 Å². The van der Waals surface area contributed by atoms with Gasteiger partial charge in [0.1, 0.15) is 0 Å². The van der Waals surface area contributed by atoms with E-state index in [1.165, 1.54) is 0 Å². The molecular weight excluding hydrogens is 224 g/mol. The molecule has 0 amide bonds. The summed E-state index contributed by atoms with van der Waals surface area (Å²) in [6.45, 7) is 6.07. The minimum Gasteiger partial charge on any atom is -0.330 e. The van der Waals surface area contributed by atoms with Crippen LogP contribution in [0.1, 0.15) is 26.7 Å². The van der Waals surface area contributed by atoms with Crippen LogP contribution in [0.3, 0.4) is 0 Å². The van der Waals surface area contributed by atoms with Crippen molar-refractivity contribution in [1.82, 2.24) is 4.90 Å². The Morgan fingerprint density at radius 1 is 1.44 bits per heavy atom. The van der Waals surface area contributed by atoms with E-state index in [1.807, 2.05) is 0 Å². The largest absolute Gasteiger partial charge is 0.330 e. The van der Waals surface area contributed by atoms with Gasteiger partial charge in [0.25, 0.3) is 0 Å². The Bertz CT molecular complexity index is 364. The van der Waals surface area contributed by atoms with Gasteiger partial charge in [-0.25, -0.2) is 8.42 Å². The normalized spacial score (nSPS) is 37.9. The lowest BCUT2D eigenvalue weighted by Gasteiger charge is -2.35. The number of rotatable bonds is 2. The summed E-state index contributed by atoms with van der Waals surface area (Å²) in [7, 11) is -2.78. The Labute approximate surface area is 98.1 Å². The van der Waals surface area contributed by atoms with Crippen molar-refractivity contribution in [3.05, 3.63) is 0 Å². The van der Waals surface area contributed by atoms with Crippen molar-refractivity contribution in [1.29, 1.82) is 0 Å². The van der Waals surface area contributed by atoms with Crippen LogP contribution >= 0.6 is 0 Å². The molecule has 2 unspecified atom stereocenters. The van der Waals surface area contributed by atoms with Crippen molar-refractivity contribution in [2.45, 2.75) is 38.3 Å². The van der Waals surface area contributed by atoms with E-state index in [1.54, 1.807) is 0 Å². The van der Waals surface area contributed by atoms with Crippen molar-refractivity contribution in [2.75, 3.05) is 24.6 Å². The molecule has 4 nitrogen and oxygen atoms in total. The third-order valence-electron chi connectivity index (χ3n) is 4.00. The van der Waals surface area contributed by atoms with Gasteiger partial charge in [-0.15, -0.1) is 0 Å². The first-order chi connectivity index (χ1) is 7.34. The fourth-order valence-corrected chi connectivity index (χ4v) is 4.97. The maximum absolute atomic E-state index is 11.5. The van der Waals surface area contributed by atoms with E-state index in [2.05, 4.69) is 18.7 Å². The van der Waals surface area contributed by atoms with Gasteiger partial charge >= 0.3 is 0 Å². The Morgan fingerprint density at radius 3 is 2.56 bits per heavy atom. The van der Waals surface area contributed by atoms with Crippen LogP contribution in [-0.4, -0.2) is 49.5 Å². The van der Waals surface area contributed by atoms with Crippen molar-refractivity contribution < 1.29 is 8.42 Å². The summed E-state index contributed by atoms with van der Waals surface area (Å²) in [4.78, 5) is 2.37. The van der Waals surface area contributed by atoms with Gasteiger partial charge in [-0.2, -0.15) is 0 Å². The summed E-state index contributed by atoms with van der Waals surface area (Å²) in [6.07, 6.45) is 1.88. The molecule has 0 bridgehead atoms. The second-order valence-corrected chi connectivity index (χ2v) is 8.06. The van der Waals surface area contributed by atoms with E-state index >= 15 is 0 Å². The highest BCUT2D eigenvalue weighted by atomic mass is 32.2. The molecule has 0 aliphatic carbocycles. The molecule has 2 N–H and O–H groups in total. The van der Waals surface area contributed by atoms with Crippen LogP contribution in [0.4, 0.5) is 0 Å². The number of hydrogen-bond donors (Lipinski definition) is 1. The van der Waals surface area contributed by atoms with Crippen LogP contribution in [0.5, 0.6) is 0 Å². The molecular formula is C11H22N2O2S. The second kappa shape index (κ2) is 3.96. The summed E-state index contributed by atoms with van der Waals surface area (Å²) in [6, 6.07) is 0.219. The number of nitrogens with two attached hydrogens (primary N) is 1. The standard InChI is InChI=1S/C11H22N2O2S/c1-11(2)5-9(6-12)7-13(11)10-3-4-16(14,15)8-10/h9-10H,3-8,12H2,1-2H3. The third-order valence-corrected chi connectivity index (χ3v) is 5.75. The Hall–Kier alpha value is -0.130. The zero-order valence-electron chi connectivity index (χ0n) is 10.1. The van der Waals surface area contributed by atoms with Gasteiger partial charge in [0.15, 0.2) is 9.84 Å². The van der Waals surface area contributed by atoms with Crippen molar-refractivity contribution >= 4 is 9.84 Å². The fourth-order valence-electron chi connectivity index (χ4n) is 3.24. The molecule has 0 aromatic rings. The summed E-state index contributed by atoms with van der Waals surface area (Å²) < 4.78 is 23.0. The zero-order chi connectivity index (χ0) is 12.0. The summed E-state index contributed by atoms with van der Waals surface area (Å²) in [5, 5.41) is 0. The molecule has 0 radical (unpaired) electrons. The topological polar surface area (TPSA) is 63.4 Å². The van der Waals surface area contributed by atoms with E-state index in [9.17, 15) is 8.42 Å². The highest BCUT2D eigenvalue weighted by Crippen LogP contribution is 2.36. The molecule has 0 spiro atoms. The van der Waals surface area contributed by atoms with Crippen LogP contribution < -0.4 is 5.73 Å². The number of sulfone groups is 1. The Kier molecular flexibility index (Phi) is 3.05. The fraction of sp³-hybridized carbons (Fsp3) is 1.00. The molecule has 2 aliphatic rings. The number of hydrogen-bond acceptors (Lipinski definition) is 4. The average molecular weight is 246 g/mol. The van der Waals surface area contributed by atoms with Crippen LogP contribution in [0.15, 0.2) is 0 Å². The SMILES string of the molecule is CC1(C)CC(CN)CN1C1CCS(=O)(=O)C1. The number of likely N-dealkylation sites (tertiary alicyclic amines) is 1. The zero-order valence-corrected chi connectivity index (χ0v) is 11.0. The second-order valence-electron chi connectivity index (χ2n) is 5.83. The Balaban J connectivity index is 2.10. The monoisotopic (exact) mass is 246 g/mol. The molecule has 16 heavy (non-hydrogen) atoms. The summed E-state index contributed by atoms with van der Waals surface area (Å²) in [5.74, 6) is 1.23. The number of nitrogens with zero attached hydrogens (tertiary/aromatic N) is 1. The van der Waals surface area contributed by atoms with Crippen molar-refractivity contribution in [3.8, 4) is 0 Å². The van der Waals surface area contributed by atoms with Crippen LogP contribution in [-0.2, 0) is 9.84 Å². The predicted molar refractivity (Wildman–Crippen MR) is 65.0 cm³/mol. The van der Waals surface area contributed by atoms with Gasteiger partial charge in [-0.1, -0.05) is 0 Å². The van der Waals surface area contributed by atoms with Crippen LogP contribution in [0, 0.1) is 5.92 Å². The predicted octanol–water partition coefficient (Wildman–Crippen LogP) is 0.233. The van der Waals surface area contributed by atoms with Gasteiger partial charge in [0, 0.05) is 18.1 Å². The van der Waals surface area contributed by atoms with Crippen molar-refractivity contribution in [2.24, 2.45) is 11.7 Å². The van der Waals surface area contributed by atoms with Crippen LogP contribution in [0.25, 0.3) is 0 Å². The molecule has 2 saturated heterocycles. The first-order valence-corrected chi connectivity index (χ1v) is 7.83. The van der Waals surface area contributed by atoms with Crippen LogP contribution in [0.2, 0.25) is 0 Å². The van der Waals surface area contributed by atoms with Gasteiger partial charge in [0.05, 0.1) is 11.5 Å². The molecule has 2 fully saturated rings. The van der Waals surface area contributed by atoms with Gasteiger partial charge in [-0.3, -0.25) is 4.90 Å². The van der Waals surface area contributed by atoms with E-state index in [4.69, 9.17) is 5.73 Å². The quantitative estimate of drug-likeness (QED) is 0.758. The molecule has 0 saturated carbocycles. The lowest BCUT2D eigenvalue weighted by molar-refractivity contribution is 0.127. The smallest absolute Gasteiger partial charge is 0.151 e. The highest BCUT2D eigenvalue weighted by molar-refractivity contribution is 7.91. The summed E-state index contributed by atoms with van der Waals surface area (Å²) >= 11 is 0. The van der Waals surface area contributed by atoms with E-state index in [0.717, 1.165) is 19.4 Å². The molecule has 94 valence electrons. The minimum atomic E-state index is -2.78. The molecule has 0 aromatic carbocycles. The third kappa shape index (κ3) is 2.26. The summed E-state index contributed by atoms with van der Waals surface area (Å²) in [5.41, 5.74) is 5.83. The van der Waals surface area contributed by atoms with Gasteiger partial charge in [0.2, 0.25) is 0 Å². The lowest BCUT2D eigenvalue weighted by Crippen LogP contribution is -2.46. The van der Waals surface area contributed by atoms with E-state index in [0.29, 0.717) is 24.0 Å². The lowest BCUT2D eigenvalue weighted by atomic mass is 9.96. The minimum absolute atomic E-state index is 0.106.